The zero-order valence-corrected chi connectivity index (χ0v) is 16.1. The standard InChI is InChI=1S/C22H21N5O2/c1-14-3-8-19(11-15(14)2)25-26-20-9-10-21(28)17(12-20)13-24-27-22(29)16-4-6-18(23)7-5-16/h3-13,28H,23H2,1-2H3,(H,27,29)/b24-13+,26-25?. The van der Waals surface area contributed by atoms with Crippen LogP contribution in [0, 0.1) is 13.8 Å². The van der Waals surface area contributed by atoms with Gasteiger partial charge in [-0.25, -0.2) is 5.43 Å². The minimum absolute atomic E-state index is 0.0145. The SMILES string of the molecule is Cc1ccc(N=Nc2ccc(O)c(/C=N/NC(=O)c3ccc(N)cc3)c2)cc1C. The Morgan fingerprint density at radius 2 is 1.59 bits per heavy atom. The lowest BCUT2D eigenvalue weighted by molar-refractivity contribution is 0.0955. The molecule has 0 fully saturated rings. The van der Waals surface area contributed by atoms with Gasteiger partial charge in [-0.1, -0.05) is 6.07 Å². The van der Waals surface area contributed by atoms with Crippen LogP contribution in [0.4, 0.5) is 17.1 Å². The van der Waals surface area contributed by atoms with Gasteiger partial charge in [0.05, 0.1) is 17.6 Å². The van der Waals surface area contributed by atoms with Gasteiger partial charge in [0.15, 0.2) is 0 Å². The highest BCUT2D eigenvalue weighted by Gasteiger charge is 2.04. The van der Waals surface area contributed by atoms with Gasteiger partial charge in [-0.15, -0.1) is 0 Å². The predicted octanol–water partition coefficient (Wildman–Crippen LogP) is 4.77. The van der Waals surface area contributed by atoms with E-state index < -0.39 is 0 Å². The molecule has 0 radical (unpaired) electrons. The van der Waals surface area contributed by atoms with Crippen LogP contribution < -0.4 is 11.2 Å². The van der Waals surface area contributed by atoms with Crippen molar-refractivity contribution < 1.29 is 9.90 Å². The number of amides is 1. The van der Waals surface area contributed by atoms with E-state index in [2.05, 4.69) is 20.8 Å². The second-order valence-corrected chi connectivity index (χ2v) is 6.53. The van der Waals surface area contributed by atoms with E-state index in [1.807, 2.05) is 32.0 Å². The summed E-state index contributed by atoms with van der Waals surface area (Å²) in [6, 6.07) is 17.1. The van der Waals surface area contributed by atoms with E-state index in [1.54, 1.807) is 36.4 Å². The third kappa shape index (κ3) is 5.26. The highest BCUT2D eigenvalue weighted by Crippen LogP contribution is 2.25. The first kappa shape index (κ1) is 19.8. The molecule has 3 aromatic rings. The van der Waals surface area contributed by atoms with Crippen molar-refractivity contribution in [3.63, 3.8) is 0 Å². The molecule has 0 saturated heterocycles. The number of anilines is 1. The molecular weight excluding hydrogens is 366 g/mol. The molecule has 0 spiro atoms. The average Bonchev–Trinajstić information content (AvgIpc) is 2.71. The Kier molecular flexibility index (Phi) is 5.99. The lowest BCUT2D eigenvalue weighted by atomic mass is 10.1. The van der Waals surface area contributed by atoms with Gasteiger partial charge < -0.3 is 10.8 Å². The van der Waals surface area contributed by atoms with Crippen molar-refractivity contribution in [2.75, 3.05) is 5.73 Å². The van der Waals surface area contributed by atoms with E-state index in [4.69, 9.17) is 5.73 Å². The number of hydrogen-bond donors (Lipinski definition) is 3. The van der Waals surface area contributed by atoms with E-state index in [1.165, 1.54) is 17.8 Å². The Morgan fingerprint density at radius 3 is 2.28 bits per heavy atom. The molecule has 0 unspecified atom stereocenters. The fourth-order valence-electron chi connectivity index (χ4n) is 2.47. The van der Waals surface area contributed by atoms with Crippen LogP contribution in [0.5, 0.6) is 5.75 Å². The summed E-state index contributed by atoms with van der Waals surface area (Å²) in [5.74, 6) is -0.369. The van der Waals surface area contributed by atoms with Crippen LogP contribution in [-0.4, -0.2) is 17.2 Å². The van der Waals surface area contributed by atoms with Crippen LogP contribution in [0.25, 0.3) is 0 Å². The third-order valence-corrected chi connectivity index (χ3v) is 4.33. The molecule has 0 saturated carbocycles. The average molecular weight is 387 g/mol. The van der Waals surface area contributed by atoms with Gasteiger partial charge in [0.25, 0.3) is 5.91 Å². The summed E-state index contributed by atoms with van der Waals surface area (Å²) < 4.78 is 0. The Labute approximate surface area is 168 Å². The summed E-state index contributed by atoms with van der Waals surface area (Å²) in [4.78, 5) is 12.0. The first-order valence-electron chi connectivity index (χ1n) is 8.93. The summed E-state index contributed by atoms with van der Waals surface area (Å²) >= 11 is 0. The predicted molar refractivity (Wildman–Crippen MR) is 114 cm³/mol. The van der Waals surface area contributed by atoms with E-state index in [0.29, 0.717) is 22.5 Å². The number of carbonyl (C=O) groups is 1. The molecule has 7 heteroatoms. The largest absolute Gasteiger partial charge is 0.507 e. The maximum absolute atomic E-state index is 12.0. The minimum atomic E-state index is -0.383. The molecule has 0 aliphatic heterocycles. The van der Waals surface area contributed by atoms with Gasteiger partial charge >= 0.3 is 0 Å². The molecule has 29 heavy (non-hydrogen) atoms. The van der Waals surface area contributed by atoms with Crippen molar-refractivity contribution >= 4 is 29.2 Å². The van der Waals surface area contributed by atoms with Crippen molar-refractivity contribution in [2.45, 2.75) is 13.8 Å². The normalized spacial score (nSPS) is 11.2. The second kappa shape index (κ2) is 8.79. The molecule has 0 aromatic heterocycles. The second-order valence-electron chi connectivity index (χ2n) is 6.53. The van der Waals surface area contributed by atoms with Crippen LogP contribution in [0.2, 0.25) is 0 Å². The minimum Gasteiger partial charge on any atom is -0.507 e. The molecule has 7 nitrogen and oxygen atoms in total. The highest BCUT2D eigenvalue weighted by atomic mass is 16.3. The van der Waals surface area contributed by atoms with Crippen LogP contribution >= 0.6 is 0 Å². The van der Waals surface area contributed by atoms with Crippen LogP contribution in [0.3, 0.4) is 0 Å². The van der Waals surface area contributed by atoms with E-state index in [0.717, 1.165) is 11.3 Å². The van der Waals surface area contributed by atoms with Crippen LogP contribution in [-0.2, 0) is 0 Å². The highest BCUT2D eigenvalue weighted by molar-refractivity contribution is 5.95. The summed E-state index contributed by atoms with van der Waals surface area (Å²) in [5, 5.41) is 22.3. The number of nitrogens with zero attached hydrogens (tertiary/aromatic N) is 3. The first-order chi connectivity index (χ1) is 13.9. The lowest BCUT2D eigenvalue weighted by Crippen LogP contribution is -2.17. The summed E-state index contributed by atoms with van der Waals surface area (Å²) in [5.41, 5.74) is 13.0. The molecule has 1 amide bonds. The molecule has 0 atom stereocenters. The number of azo groups is 1. The molecule has 0 heterocycles. The quantitative estimate of drug-likeness (QED) is 0.254. The molecule has 0 aliphatic carbocycles. The molecule has 4 N–H and O–H groups in total. The Morgan fingerprint density at radius 1 is 0.931 bits per heavy atom. The van der Waals surface area contributed by atoms with Crippen molar-refractivity contribution in [1.82, 2.24) is 5.43 Å². The maximum atomic E-state index is 12.0. The van der Waals surface area contributed by atoms with Gasteiger partial charge in [-0.3, -0.25) is 4.79 Å². The fraction of sp³-hybridized carbons (Fsp3) is 0.0909. The van der Waals surface area contributed by atoms with Crippen molar-refractivity contribution in [2.24, 2.45) is 15.3 Å². The monoisotopic (exact) mass is 387 g/mol. The van der Waals surface area contributed by atoms with Gasteiger partial charge in [0.2, 0.25) is 0 Å². The number of aromatic hydroxyl groups is 1. The fourth-order valence-corrected chi connectivity index (χ4v) is 2.47. The van der Waals surface area contributed by atoms with Crippen molar-refractivity contribution in [3.8, 4) is 5.75 Å². The van der Waals surface area contributed by atoms with Gasteiger partial charge in [-0.05, 0) is 79.6 Å². The smallest absolute Gasteiger partial charge is 0.271 e. The molecule has 0 aliphatic rings. The Hall–Kier alpha value is -4.00. The van der Waals surface area contributed by atoms with E-state index >= 15 is 0 Å². The van der Waals surface area contributed by atoms with Crippen LogP contribution in [0.15, 0.2) is 76.0 Å². The number of phenolic OH excluding ortho intramolecular Hbond substituents is 1. The summed E-state index contributed by atoms with van der Waals surface area (Å²) in [7, 11) is 0. The number of hydrazone groups is 1. The number of phenols is 1. The number of nitrogen functional groups attached to an aromatic ring is 1. The molecular formula is C22H21N5O2. The Balaban J connectivity index is 1.70. The van der Waals surface area contributed by atoms with Gasteiger partial charge in [-0.2, -0.15) is 15.3 Å². The summed E-state index contributed by atoms with van der Waals surface area (Å²) in [6.07, 6.45) is 1.35. The number of nitrogens with one attached hydrogen (secondary N) is 1. The zero-order chi connectivity index (χ0) is 20.8. The Bertz CT molecular complexity index is 1090. The lowest BCUT2D eigenvalue weighted by Gasteiger charge is -2.02. The van der Waals surface area contributed by atoms with E-state index in [-0.39, 0.29) is 11.7 Å². The number of nitrogens with two attached hydrogens (primary N) is 1. The number of aryl methyl sites for hydroxylation is 2. The molecule has 3 aromatic carbocycles. The molecule has 3 rings (SSSR count). The number of benzene rings is 3. The van der Waals surface area contributed by atoms with Crippen molar-refractivity contribution in [3.05, 3.63) is 82.9 Å². The maximum Gasteiger partial charge on any atom is 0.271 e. The topological polar surface area (TPSA) is 112 Å². The zero-order valence-electron chi connectivity index (χ0n) is 16.1. The number of rotatable bonds is 5. The number of hydrogen-bond acceptors (Lipinski definition) is 6. The summed E-state index contributed by atoms with van der Waals surface area (Å²) in [6.45, 7) is 4.05. The van der Waals surface area contributed by atoms with Crippen molar-refractivity contribution in [1.29, 1.82) is 0 Å². The van der Waals surface area contributed by atoms with Gasteiger partial charge in [0.1, 0.15) is 5.75 Å². The molecule has 0 bridgehead atoms. The first-order valence-corrected chi connectivity index (χ1v) is 8.93. The van der Waals surface area contributed by atoms with E-state index in [9.17, 15) is 9.90 Å². The van der Waals surface area contributed by atoms with Gasteiger partial charge in [0, 0.05) is 16.8 Å². The third-order valence-electron chi connectivity index (χ3n) is 4.33. The number of carbonyl (C=O) groups excluding carboxylic acids is 1. The van der Waals surface area contributed by atoms with Crippen LogP contribution in [0.1, 0.15) is 27.0 Å². The molecule has 146 valence electrons.